The number of hydrogen-bond donors (Lipinski definition) is 2. The molecular weight excluding hydrogens is 376 g/mol. The van der Waals surface area contributed by atoms with Gasteiger partial charge >= 0.3 is 0 Å². The molecule has 0 spiro atoms. The van der Waals surface area contributed by atoms with Crippen molar-refractivity contribution >= 4 is 0 Å². The van der Waals surface area contributed by atoms with Gasteiger partial charge in [0.25, 0.3) is 0 Å². The van der Waals surface area contributed by atoms with Gasteiger partial charge in [-0.05, 0) is 40.1 Å². The predicted molar refractivity (Wildman–Crippen MR) is 116 cm³/mol. The highest BCUT2D eigenvalue weighted by atomic mass is 15.5. The van der Waals surface area contributed by atoms with Gasteiger partial charge in [0.15, 0.2) is 11.6 Å². The van der Waals surface area contributed by atoms with Crippen molar-refractivity contribution in [3.05, 3.63) is 65.7 Å². The molecule has 2 aromatic carbocycles. The van der Waals surface area contributed by atoms with E-state index in [9.17, 15) is 0 Å². The lowest BCUT2D eigenvalue weighted by Gasteiger charge is -2.10. The summed E-state index contributed by atoms with van der Waals surface area (Å²) in [6.45, 7) is 5.63. The molecule has 30 heavy (non-hydrogen) atoms. The number of hydrogen-bond acceptors (Lipinski definition) is 6. The first-order chi connectivity index (χ1) is 14.7. The van der Waals surface area contributed by atoms with Gasteiger partial charge in [0.2, 0.25) is 0 Å². The monoisotopic (exact) mass is 402 g/mol. The number of aryl methyl sites for hydroxylation is 1. The highest BCUT2D eigenvalue weighted by molar-refractivity contribution is 5.80. The Kier molecular flexibility index (Phi) is 5.94. The number of rotatable bonds is 8. The zero-order valence-electron chi connectivity index (χ0n) is 17.3. The number of aromatic nitrogens is 7. The van der Waals surface area contributed by atoms with E-state index in [-0.39, 0.29) is 0 Å². The summed E-state index contributed by atoms with van der Waals surface area (Å²) in [6.07, 6.45) is 1.71. The Morgan fingerprint density at radius 3 is 2.47 bits per heavy atom. The lowest BCUT2D eigenvalue weighted by atomic mass is 9.98. The second kappa shape index (κ2) is 8.96. The Morgan fingerprint density at radius 2 is 1.80 bits per heavy atom. The summed E-state index contributed by atoms with van der Waals surface area (Å²) in [5.41, 5.74) is 9.97. The van der Waals surface area contributed by atoms with E-state index in [0.29, 0.717) is 24.8 Å². The molecule has 0 amide bonds. The van der Waals surface area contributed by atoms with Crippen LogP contribution in [-0.2, 0) is 13.0 Å². The maximum Gasteiger partial charge on any atom is 0.180 e. The fourth-order valence-corrected chi connectivity index (χ4v) is 3.49. The smallest absolute Gasteiger partial charge is 0.180 e. The van der Waals surface area contributed by atoms with Crippen LogP contribution in [0.15, 0.2) is 48.5 Å². The fraction of sp³-hybridized carbons (Fsp3) is 0.318. The largest absolute Gasteiger partial charge is 0.330 e. The molecule has 0 atom stereocenters. The first-order valence-corrected chi connectivity index (χ1v) is 10.2. The van der Waals surface area contributed by atoms with Gasteiger partial charge in [-0.1, -0.05) is 62.4 Å². The topological polar surface area (TPSA) is 111 Å². The van der Waals surface area contributed by atoms with E-state index < -0.39 is 0 Å². The molecule has 0 aliphatic rings. The van der Waals surface area contributed by atoms with Crippen molar-refractivity contribution in [1.29, 1.82) is 0 Å². The summed E-state index contributed by atoms with van der Waals surface area (Å²) < 4.78 is 2.01. The first-order valence-electron chi connectivity index (χ1n) is 10.2. The van der Waals surface area contributed by atoms with Crippen LogP contribution in [-0.4, -0.2) is 41.9 Å². The Bertz CT molecular complexity index is 1080. The summed E-state index contributed by atoms with van der Waals surface area (Å²) in [7, 11) is 0. The number of nitrogens with two attached hydrogens (primary N) is 1. The Balaban J connectivity index is 1.58. The predicted octanol–water partition coefficient (Wildman–Crippen LogP) is 3.19. The van der Waals surface area contributed by atoms with Crippen LogP contribution in [0.3, 0.4) is 0 Å². The second-order valence-electron chi connectivity index (χ2n) is 7.58. The quantitative estimate of drug-likeness (QED) is 0.468. The van der Waals surface area contributed by atoms with Crippen molar-refractivity contribution in [2.75, 3.05) is 6.54 Å². The molecule has 0 radical (unpaired) electrons. The molecule has 0 bridgehead atoms. The maximum absolute atomic E-state index is 5.63. The van der Waals surface area contributed by atoms with Crippen molar-refractivity contribution in [2.24, 2.45) is 5.73 Å². The van der Waals surface area contributed by atoms with Gasteiger partial charge in [0.05, 0.1) is 6.54 Å². The summed E-state index contributed by atoms with van der Waals surface area (Å²) >= 11 is 0. The zero-order chi connectivity index (χ0) is 20.9. The molecule has 8 nitrogen and oxygen atoms in total. The lowest BCUT2D eigenvalue weighted by molar-refractivity contribution is 0.602. The third-order valence-corrected chi connectivity index (χ3v) is 4.99. The van der Waals surface area contributed by atoms with Crippen LogP contribution in [0, 0.1) is 0 Å². The molecule has 0 unspecified atom stereocenters. The number of tetrazole rings is 1. The lowest BCUT2D eigenvalue weighted by Crippen LogP contribution is -2.08. The summed E-state index contributed by atoms with van der Waals surface area (Å²) in [5.74, 6) is 2.85. The molecule has 4 aromatic rings. The molecule has 4 rings (SSSR count). The summed E-state index contributed by atoms with van der Waals surface area (Å²) in [6, 6.07) is 16.6. The van der Waals surface area contributed by atoms with Crippen LogP contribution in [0.2, 0.25) is 0 Å². The molecule has 0 saturated carbocycles. The molecule has 0 saturated heterocycles. The third kappa shape index (κ3) is 4.28. The van der Waals surface area contributed by atoms with Gasteiger partial charge in [-0.25, -0.2) is 14.8 Å². The molecule has 0 aliphatic carbocycles. The van der Waals surface area contributed by atoms with Crippen LogP contribution >= 0.6 is 0 Å². The minimum atomic E-state index is 0.311. The average Bonchev–Trinajstić information content (AvgIpc) is 3.43. The van der Waals surface area contributed by atoms with E-state index >= 15 is 0 Å². The van der Waals surface area contributed by atoms with Crippen LogP contribution in [0.5, 0.6) is 0 Å². The zero-order valence-corrected chi connectivity index (χ0v) is 17.3. The van der Waals surface area contributed by atoms with Crippen LogP contribution in [0.1, 0.15) is 43.4 Å². The normalized spacial score (nSPS) is 11.3. The molecule has 2 heterocycles. The van der Waals surface area contributed by atoms with Crippen LogP contribution in [0.4, 0.5) is 0 Å². The Hall–Kier alpha value is -3.39. The van der Waals surface area contributed by atoms with Gasteiger partial charge in [-0.2, -0.15) is 5.10 Å². The SMILES string of the molecule is CC(C)c1nc(CCCN)nn1Cc1ccc(-c2ccccc2-c2nnn[nH]2)cc1. The van der Waals surface area contributed by atoms with E-state index in [4.69, 9.17) is 15.8 Å². The number of H-pyrrole nitrogens is 1. The highest BCUT2D eigenvalue weighted by Gasteiger charge is 2.14. The number of benzene rings is 2. The Labute approximate surface area is 175 Å². The van der Waals surface area contributed by atoms with Crippen molar-refractivity contribution in [3.8, 4) is 22.5 Å². The molecule has 3 N–H and O–H groups in total. The van der Waals surface area contributed by atoms with E-state index in [1.807, 2.05) is 22.9 Å². The van der Waals surface area contributed by atoms with E-state index in [0.717, 1.165) is 41.2 Å². The number of nitrogens with one attached hydrogen (secondary N) is 1. The van der Waals surface area contributed by atoms with Gasteiger partial charge in [0.1, 0.15) is 5.82 Å². The molecule has 154 valence electrons. The number of nitrogens with zero attached hydrogens (tertiary/aromatic N) is 6. The molecular formula is C22H26N8. The van der Waals surface area contributed by atoms with E-state index in [1.54, 1.807) is 0 Å². The van der Waals surface area contributed by atoms with Crippen molar-refractivity contribution < 1.29 is 0 Å². The van der Waals surface area contributed by atoms with Gasteiger partial charge in [-0.3, -0.25) is 0 Å². The highest BCUT2D eigenvalue weighted by Crippen LogP contribution is 2.29. The van der Waals surface area contributed by atoms with Crippen molar-refractivity contribution in [3.63, 3.8) is 0 Å². The first kappa shape index (κ1) is 19.9. The summed E-state index contributed by atoms with van der Waals surface area (Å²) in [5, 5.41) is 19.0. The second-order valence-corrected chi connectivity index (χ2v) is 7.58. The number of aromatic amines is 1. The molecule has 8 heteroatoms. The third-order valence-electron chi connectivity index (χ3n) is 4.99. The average molecular weight is 403 g/mol. The fourth-order valence-electron chi connectivity index (χ4n) is 3.49. The van der Waals surface area contributed by atoms with Gasteiger partial charge < -0.3 is 5.73 Å². The van der Waals surface area contributed by atoms with Crippen LogP contribution < -0.4 is 5.73 Å². The minimum Gasteiger partial charge on any atom is -0.330 e. The van der Waals surface area contributed by atoms with Gasteiger partial charge in [0, 0.05) is 17.9 Å². The van der Waals surface area contributed by atoms with Crippen LogP contribution in [0.25, 0.3) is 22.5 Å². The van der Waals surface area contributed by atoms with E-state index in [1.165, 1.54) is 5.56 Å². The van der Waals surface area contributed by atoms with Crippen molar-refractivity contribution in [2.45, 2.75) is 39.2 Å². The van der Waals surface area contributed by atoms with E-state index in [2.05, 4.69) is 64.8 Å². The Morgan fingerprint density at radius 1 is 1.03 bits per heavy atom. The molecule has 0 aliphatic heterocycles. The molecule has 0 fully saturated rings. The van der Waals surface area contributed by atoms with Crippen molar-refractivity contribution in [1.82, 2.24) is 35.4 Å². The standard InChI is InChI=1S/C22H26N8/c1-15(2)22-24-20(8-5-13-23)27-30(22)14-16-9-11-17(12-10-16)18-6-3-4-7-19(18)21-25-28-29-26-21/h3-4,6-7,9-12,15H,5,8,13-14,23H2,1-2H3,(H,25,26,28,29). The van der Waals surface area contributed by atoms with Gasteiger partial charge in [-0.15, -0.1) is 5.10 Å². The maximum atomic E-state index is 5.63. The molecule has 2 aromatic heterocycles. The minimum absolute atomic E-state index is 0.311. The summed E-state index contributed by atoms with van der Waals surface area (Å²) in [4.78, 5) is 4.72.